The first-order valence-corrected chi connectivity index (χ1v) is 12.4. The lowest BCUT2D eigenvalue weighted by molar-refractivity contribution is 0.0995. The number of benzene rings is 2. The van der Waals surface area contributed by atoms with Crippen LogP contribution in [0, 0.1) is 6.92 Å². The third kappa shape index (κ3) is 4.32. The van der Waals surface area contributed by atoms with Crippen molar-refractivity contribution in [3.8, 4) is 11.1 Å². The summed E-state index contributed by atoms with van der Waals surface area (Å²) < 4.78 is 0. The molecular formula is C30H25N7O. The van der Waals surface area contributed by atoms with Gasteiger partial charge in [0.15, 0.2) is 0 Å². The topological polar surface area (TPSA) is 103 Å². The monoisotopic (exact) mass is 499 g/mol. The van der Waals surface area contributed by atoms with Gasteiger partial charge >= 0.3 is 0 Å². The molecule has 0 saturated heterocycles. The molecule has 0 unspecified atom stereocenters. The first-order chi connectivity index (χ1) is 18.6. The number of carbonyl (C=O) groups is 1. The van der Waals surface area contributed by atoms with Crippen LogP contribution in [0.1, 0.15) is 21.9 Å². The molecule has 0 aliphatic heterocycles. The van der Waals surface area contributed by atoms with E-state index in [0.717, 1.165) is 50.0 Å². The summed E-state index contributed by atoms with van der Waals surface area (Å²) in [4.78, 5) is 27.0. The van der Waals surface area contributed by atoms with E-state index in [0.29, 0.717) is 13.0 Å². The molecule has 4 heterocycles. The fraction of sp³-hybridized carbons (Fsp3) is 0.100. The van der Waals surface area contributed by atoms with Gasteiger partial charge in [-0.05, 0) is 55.0 Å². The Balaban J connectivity index is 1.47. The van der Waals surface area contributed by atoms with Crippen molar-refractivity contribution in [3.63, 3.8) is 0 Å². The number of rotatable bonds is 7. The second-order valence-electron chi connectivity index (χ2n) is 9.05. The summed E-state index contributed by atoms with van der Waals surface area (Å²) in [5.41, 5.74) is 12.3. The predicted octanol–water partition coefficient (Wildman–Crippen LogP) is 4.96. The number of aryl methyl sites for hydroxylation is 1. The number of pyridine rings is 3. The zero-order chi connectivity index (χ0) is 26.1. The number of para-hydroxylation sites is 1. The van der Waals surface area contributed by atoms with Crippen LogP contribution in [0.3, 0.4) is 0 Å². The van der Waals surface area contributed by atoms with Crippen LogP contribution in [0.2, 0.25) is 0 Å². The molecule has 0 spiro atoms. The van der Waals surface area contributed by atoms with E-state index in [4.69, 9.17) is 10.8 Å². The van der Waals surface area contributed by atoms with E-state index >= 15 is 0 Å². The molecule has 4 aromatic heterocycles. The van der Waals surface area contributed by atoms with Crippen LogP contribution < -0.4 is 10.7 Å². The molecule has 8 nitrogen and oxygen atoms in total. The molecule has 2 aromatic carbocycles. The van der Waals surface area contributed by atoms with E-state index in [1.165, 1.54) is 0 Å². The molecular weight excluding hydrogens is 474 g/mol. The average Bonchev–Trinajstić information content (AvgIpc) is 3.30. The van der Waals surface area contributed by atoms with Crippen LogP contribution in [0.15, 0.2) is 97.5 Å². The van der Waals surface area contributed by atoms with E-state index < -0.39 is 5.91 Å². The van der Waals surface area contributed by atoms with Gasteiger partial charge in [0, 0.05) is 47.4 Å². The van der Waals surface area contributed by atoms with Crippen molar-refractivity contribution in [1.29, 1.82) is 0 Å². The van der Waals surface area contributed by atoms with Gasteiger partial charge in [0.25, 0.3) is 5.91 Å². The quantitative estimate of drug-likeness (QED) is 0.333. The maximum Gasteiger partial charge on any atom is 0.267 e. The van der Waals surface area contributed by atoms with Crippen molar-refractivity contribution in [3.05, 3.63) is 115 Å². The first kappa shape index (κ1) is 23.3. The highest BCUT2D eigenvalue weighted by atomic mass is 16.1. The molecule has 0 atom stereocenters. The highest BCUT2D eigenvalue weighted by Gasteiger charge is 2.19. The Hall–Kier alpha value is -5.11. The van der Waals surface area contributed by atoms with Crippen molar-refractivity contribution in [2.75, 3.05) is 11.6 Å². The molecule has 6 aromatic rings. The minimum atomic E-state index is -0.564. The summed E-state index contributed by atoms with van der Waals surface area (Å²) in [5.74, 6) is -0.564. The van der Waals surface area contributed by atoms with Crippen molar-refractivity contribution >= 4 is 33.4 Å². The van der Waals surface area contributed by atoms with Crippen LogP contribution in [0.25, 0.3) is 32.9 Å². The molecule has 1 amide bonds. The Kier molecular flexibility index (Phi) is 5.97. The van der Waals surface area contributed by atoms with E-state index in [1.54, 1.807) is 18.5 Å². The fourth-order valence-corrected chi connectivity index (χ4v) is 4.76. The maximum absolute atomic E-state index is 11.6. The van der Waals surface area contributed by atoms with Crippen LogP contribution in [-0.4, -0.2) is 37.3 Å². The zero-order valence-corrected chi connectivity index (χ0v) is 20.8. The van der Waals surface area contributed by atoms with E-state index in [1.807, 2.05) is 71.5 Å². The van der Waals surface area contributed by atoms with Gasteiger partial charge in [0.1, 0.15) is 5.69 Å². The van der Waals surface area contributed by atoms with Gasteiger partial charge in [0.2, 0.25) is 0 Å². The second-order valence-corrected chi connectivity index (χ2v) is 9.05. The van der Waals surface area contributed by atoms with E-state index in [9.17, 15) is 4.79 Å². The molecule has 0 radical (unpaired) electrons. The predicted molar refractivity (Wildman–Crippen MR) is 149 cm³/mol. The molecule has 0 fully saturated rings. The molecule has 2 N–H and O–H groups in total. The van der Waals surface area contributed by atoms with Gasteiger partial charge in [0.05, 0.1) is 28.6 Å². The van der Waals surface area contributed by atoms with Crippen LogP contribution >= 0.6 is 0 Å². The van der Waals surface area contributed by atoms with Gasteiger partial charge in [-0.15, -0.1) is 0 Å². The number of hydrogen-bond donors (Lipinski definition) is 1. The summed E-state index contributed by atoms with van der Waals surface area (Å²) in [6.07, 6.45) is 6.05. The lowest BCUT2D eigenvalue weighted by Gasteiger charge is -2.25. The number of carbonyl (C=O) groups excluding carboxylic acids is 1. The summed E-state index contributed by atoms with van der Waals surface area (Å²) in [6.45, 7) is 2.61. The number of anilines is 1. The first-order valence-electron chi connectivity index (χ1n) is 12.4. The van der Waals surface area contributed by atoms with Crippen molar-refractivity contribution in [2.45, 2.75) is 13.3 Å². The van der Waals surface area contributed by atoms with Crippen molar-refractivity contribution in [1.82, 2.24) is 24.8 Å². The minimum Gasteiger partial charge on any atom is -0.364 e. The Bertz CT molecular complexity index is 1760. The SMILES string of the molecule is Cc1nn(N(CCc2ccccn2)c2ccc(C(N)=O)nc2)c2cccc(-c3cnc4ccccc4c3)c12. The van der Waals surface area contributed by atoms with Crippen molar-refractivity contribution in [2.24, 2.45) is 5.73 Å². The standard InChI is InChI=1S/C30H25N7O/c1-20-29-25(22-17-21-7-2-3-10-26(21)33-18-22)9-6-11-28(29)37(35-20)36(16-14-23-8-4-5-15-32-23)24-12-13-27(30(31)38)34-19-24/h2-13,15,17-19H,14,16H2,1H3,(H2,31,38). The van der Waals surface area contributed by atoms with E-state index in [2.05, 4.69) is 39.2 Å². The summed E-state index contributed by atoms with van der Waals surface area (Å²) in [5, 5.41) is 9.15. The van der Waals surface area contributed by atoms with E-state index in [-0.39, 0.29) is 5.69 Å². The summed E-state index contributed by atoms with van der Waals surface area (Å²) >= 11 is 0. The Morgan fingerprint density at radius 1 is 0.921 bits per heavy atom. The number of nitrogens with two attached hydrogens (primary N) is 1. The summed E-state index contributed by atoms with van der Waals surface area (Å²) in [6, 6.07) is 25.8. The third-order valence-corrected chi connectivity index (χ3v) is 6.60. The molecule has 8 heteroatoms. The number of aromatic nitrogens is 5. The van der Waals surface area contributed by atoms with Crippen LogP contribution in [-0.2, 0) is 6.42 Å². The number of fused-ring (bicyclic) bond motifs is 2. The molecule has 0 aliphatic carbocycles. The normalized spacial score (nSPS) is 11.2. The highest BCUT2D eigenvalue weighted by Crippen LogP contribution is 2.33. The summed E-state index contributed by atoms with van der Waals surface area (Å²) in [7, 11) is 0. The average molecular weight is 500 g/mol. The number of primary amides is 1. The van der Waals surface area contributed by atoms with Gasteiger partial charge in [-0.3, -0.25) is 19.8 Å². The lowest BCUT2D eigenvalue weighted by atomic mass is 10.0. The molecule has 38 heavy (non-hydrogen) atoms. The molecule has 6 rings (SSSR count). The van der Waals surface area contributed by atoms with Crippen molar-refractivity contribution < 1.29 is 4.79 Å². The molecule has 0 aliphatic rings. The smallest absolute Gasteiger partial charge is 0.267 e. The Morgan fingerprint density at radius 3 is 2.58 bits per heavy atom. The van der Waals surface area contributed by atoms with Crippen LogP contribution in [0.5, 0.6) is 0 Å². The zero-order valence-electron chi connectivity index (χ0n) is 20.8. The largest absolute Gasteiger partial charge is 0.364 e. The molecule has 186 valence electrons. The highest BCUT2D eigenvalue weighted by molar-refractivity contribution is 5.98. The van der Waals surface area contributed by atoms with Crippen LogP contribution in [0.4, 0.5) is 5.69 Å². The maximum atomic E-state index is 11.6. The Labute approximate surface area is 219 Å². The second kappa shape index (κ2) is 9.74. The number of nitrogens with zero attached hydrogens (tertiary/aromatic N) is 6. The lowest BCUT2D eigenvalue weighted by Crippen LogP contribution is -2.33. The van der Waals surface area contributed by atoms with Gasteiger partial charge < -0.3 is 5.73 Å². The number of hydrogen-bond acceptors (Lipinski definition) is 6. The van der Waals surface area contributed by atoms with Gasteiger partial charge in [-0.1, -0.05) is 36.4 Å². The van der Waals surface area contributed by atoms with Gasteiger partial charge in [-0.2, -0.15) is 9.89 Å². The number of amides is 1. The third-order valence-electron chi connectivity index (χ3n) is 6.60. The molecule has 0 saturated carbocycles. The minimum absolute atomic E-state index is 0.214. The fourth-order valence-electron chi connectivity index (χ4n) is 4.76. The van der Waals surface area contributed by atoms with Gasteiger partial charge in [-0.25, -0.2) is 4.98 Å². The Morgan fingerprint density at radius 2 is 1.79 bits per heavy atom. The molecule has 0 bridgehead atoms.